The molecule has 35 heavy (non-hydrogen) atoms. The van der Waals surface area contributed by atoms with Crippen LogP contribution in [0.1, 0.15) is 45.7 Å². The number of carbonyl (C=O) groups is 2. The largest absolute Gasteiger partial charge is 0.394 e. The Balaban J connectivity index is 1.60. The minimum absolute atomic E-state index is 0.120. The van der Waals surface area contributed by atoms with Gasteiger partial charge in [0.25, 0.3) is 0 Å². The number of nitrogens with zero attached hydrogens (tertiary/aromatic N) is 4. The lowest BCUT2D eigenvalue weighted by Gasteiger charge is -2.29. The van der Waals surface area contributed by atoms with E-state index in [1.165, 1.54) is 16.2 Å². The fourth-order valence-electron chi connectivity index (χ4n) is 4.61. The Morgan fingerprint density at radius 1 is 1.26 bits per heavy atom. The molecule has 2 amide bonds. The van der Waals surface area contributed by atoms with Crippen LogP contribution in [0.25, 0.3) is 21.5 Å². The Morgan fingerprint density at radius 3 is 2.71 bits per heavy atom. The third-order valence-corrected chi connectivity index (χ3v) is 7.80. The van der Waals surface area contributed by atoms with Gasteiger partial charge in [-0.2, -0.15) is 5.10 Å². The number of benzene rings is 1. The van der Waals surface area contributed by atoms with Gasteiger partial charge >= 0.3 is 0 Å². The zero-order chi connectivity index (χ0) is 25.3. The highest BCUT2D eigenvalue weighted by molar-refractivity contribution is 7.17. The van der Waals surface area contributed by atoms with Gasteiger partial charge in [0.1, 0.15) is 6.04 Å². The summed E-state index contributed by atoms with van der Waals surface area (Å²) < 4.78 is 2.86. The molecule has 0 radical (unpaired) electrons. The highest BCUT2D eigenvalue weighted by Crippen LogP contribution is 2.35. The molecule has 9 nitrogen and oxygen atoms in total. The van der Waals surface area contributed by atoms with Crippen LogP contribution >= 0.6 is 11.3 Å². The Hall–Kier alpha value is -2.82. The molecular weight excluding hydrogens is 466 g/mol. The van der Waals surface area contributed by atoms with E-state index < -0.39 is 18.2 Å². The van der Waals surface area contributed by atoms with Crippen LogP contribution in [-0.4, -0.2) is 67.0 Å². The summed E-state index contributed by atoms with van der Waals surface area (Å²) in [4.78, 5) is 32.3. The van der Waals surface area contributed by atoms with E-state index in [4.69, 9.17) is 0 Å². The van der Waals surface area contributed by atoms with Crippen molar-refractivity contribution in [2.45, 2.75) is 58.8 Å². The molecular formula is C25H33N5O4S. The van der Waals surface area contributed by atoms with E-state index in [0.29, 0.717) is 11.1 Å². The lowest BCUT2D eigenvalue weighted by atomic mass is 9.96. The molecule has 1 fully saturated rings. The molecule has 4 unspecified atom stereocenters. The number of carbonyl (C=O) groups excluding carboxylic acids is 2. The van der Waals surface area contributed by atoms with E-state index >= 15 is 0 Å². The highest BCUT2D eigenvalue weighted by Gasteiger charge is 2.41. The molecule has 0 spiro atoms. The van der Waals surface area contributed by atoms with E-state index in [1.54, 1.807) is 11.7 Å². The van der Waals surface area contributed by atoms with E-state index in [-0.39, 0.29) is 43.2 Å². The first-order chi connectivity index (χ1) is 16.8. The summed E-state index contributed by atoms with van der Waals surface area (Å²) in [6, 6.07) is 4.32. The Labute approximate surface area is 208 Å². The molecule has 1 aliphatic rings. The first kappa shape index (κ1) is 25.3. The SMILES string of the molecule is CCn1nccc1-c1ccc(C(CO)NC(=O)C2CC(O)CN2C(=O)C(C)C(C)C)c2ncsc12. The summed E-state index contributed by atoms with van der Waals surface area (Å²) in [5, 5.41) is 27.7. The van der Waals surface area contributed by atoms with Crippen LogP contribution in [0.4, 0.5) is 0 Å². The maximum atomic E-state index is 13.3. The summed E-state index contributed by atoms with van der Waals surface area (Å²) in [6.45, 7) is 8.34. The average molecular weight is 500 g/mol. The number of aryl methyl sites for hydroxylation is 1. The molecule has 188 valence electrons. The predicted octanol–water partition coefficient (Wildman–Crippen LogP) is 2.58. The van der Waals surface area contributed by atoms with Crippen LogP contribution < -0.4 is 5.32 Å². The third-order valence-electron chi connectivity index (χ3n) is 6.94. The van der Waals surface area contributed by atoms with E-state index in [2.05, 4.69) is 15.4 Å². The van der Waals surface area contributed by atoms with Crippen LogP contribution in [0, 0.1) is 11.8 Å². The van der Waals surface area contributed by atoms with Crippen molar-refractivity contribution in [1.82, 2.24) is 25.0 Å². The summed E-state index contributed by atoms with van der Waals surface area (Å²) >= 11 is 1.50. The normalized spacial score (nSPS) is 19.9. The smallest absolute Gasteiger partial charge is 0.243 e. The number of amides is 2. The monoisotopic (exact) mass is 499 g/mol. The second-order valence-corrected chi connectivity index (χ2v) is 10.3. The maximum Gasteiger partial charge on any atom is 0.243 e. The number of nitrogens with one attached hydrogen (secondary N) is 1. The van der Waals surface area contributed by atoms with Crippen molar-refractivity contribution >= 4 is 33.4 Å². The van der Waals surface area contributed by atoms with Crippen LogP contribution in [0.3, 0.4) is 0 Å². The average Bonchev–Trinajstić information content (AvgIpc) is 3.60. The van der Waals surface area contributed by atoms with Gasteiger partial charge in [-0.1, -0.05) is 32.9 Å². The second kappa shape index (κ2) is 10.4. The molecule has 1 aromatic carbocycles. The zero-order valence-corrected chi connectivity index (χ0v) is 21.3. The number of aromatic nitrogens is 3. The fraction of sp³-hybridized carbons (Fsp3) is 0.520. The minimum Gasteiger partial charge on any atom is -0.394 e. The second-order valence-electron chi connectivity index (χ2n) is 9.44. The summed E-state index contributed by atoms with van der Waals surface area (Å²) in [5.41, 5.74) is 5.14. The van der Waals surface area contributed by atoms with Gasteiger partial charge in [-0.25, -0.2) is 4.98 Å². The number of aliphatic hydroxyl groups is 2. The molecule has 3 N–H and O–H groups in total. The molecule has 1 saturated heterocycles. The Morgan fingerprint density at radius 2 is 2.03 bits per heavy atom. The van der Waals surface area contributed by atoms with Crippen LogP contribution in [-0.2, 0) is 16.1 Å². The highest BCUT2D eigenvalue weighted by atomic mass is 32.1. The molecule has 0 bridgehead atoms. The van der Waals surface area contributed by atoms with Crippen LogP contribution in [0.2, 0.25) is 0 Å². The number of thiazole rings is 1. The third kappa shape index (κ3) is 4.82. The molecule has 1 aliphatic heterocycles. The van der Waals surface area contributed by atoms with Gasteiger partial charge in [0.05, 0.1) is 40.2 Å². The number of hydrogen-bond donors (Lipinski definition) is 3. The topological polar surface area (TPSA) is 121 Å². The van der Waals surface area contributed by atoms with Crippen molar-refractivity contribution in [2.75, 3.05) is 13.2 Å². The Kier molecular flexibility index (Phi) is 7.53. The molecule has 2 aromatic heterocycles. The van der Waals surface area contributed by atoms with Gasteiger partial charge in [0, 0.05) is 42.8 Å². The van der Waals surface area contributed by atoms with E-state index in [9.17, 15) is 19.8 Å². The van der Waals surface area contributed by atoms with Crippen molar-refractivity contribution in [3.8, 4) is 11.3 Å². The standard InChI is InChI=1S/C25H33N5O4S/c1-5-30-20(8-9-27-30)18-7-6-17(22-23(18)35-13-26-22)19(12-31)28-24(33)21-10-16(32)11-29(21)25(34)15(4)14(2)3/h6-9,13-16,19,21,31-32H,5,10-12H2,1-4H3,(H,28,33). The van der Waals surface area contributed by atoms with Crippen molar-refractivity contribution in [1.29, 1.82) is 0 Å². The molecule has 3 aromatic rings. The lowest BCUT2D eigenvalue weighted by molar-refractivity contribution is -0.142. The number of likely N-dealkylation sites (tertiary alicyclic amines) is 1. The van der Waals surface area contributed by atoms with Crippen molar-refractivity contribution in [3.63, 3.8) is 0 Å². The molecule has 4 rings (SSSR count). The number of rotatable bonds is 8. The van der Waals surface area contributed by atoms with Crippen molar-refractivity contribution in [2.24, 2.45) is 11.8 Å². The van der Waals surface area contributed by atoms with Gasteiger partial charge in [-0.05, 0) is 18.9 Å². The molecule has 0 saturated carbocycles. The molecule has 0 aliphatic carbocycles. The van der Waals surface area contributed by atoms with E-state index in [0.717, 1.165) is 22.5 Å². The summed E-state index contributed by atoms with van der Waals surface area (Å²) in [6.07, 6.45) is 1.18. The first-order valence-electron chi connectivity index (χ1n) is 12.0. The van der Waals surface area contributed by atoms with Crippen molar-refractivity contribution < 1.29 is 19.8 Å². The molecule has 10 heteroatoms. The molecule has 4 atom stereocenters. The molecule has 3 heterocycles. The number of aliphatic hydroxyl groups excluding tert-OH is 2. The zero-order valence-electron chi connectivity index (χ0n) is 20.5. The van der Waals surface area contributed by atoms with Gasteiger partial charge in [0.2, 0.25) is 11.8 Å². The van der Waals surface area contributed by atoms with Gasteiger partial charge in [0.15, 0.2) is 0 Å². The predicted molar refractivity (Wildman–Crippen MR) is 135 cm³/mol. The summed E-state index contributed by atoms with van der Waals surface area (Å²) in [7, 11) is 0. The van der Waals surface area contributed by atoms with Crippen molar-refractivity contribution in [3.05, 3.63) is 35.5 Å². The van der Waals surface area contributed by atoms with Gasteiger partial charge in [-0.3, -0.25) is 14.3 Å². The number of hydrogen-bond acceptors (Lipinski definition) is 7. The van der Waals surface area contributed by atoms with Crippen LogP contribution in [0.15, 0.2) is 29.9 Å². The van der Waals surface area contributed by atoms with Gasteiger partial charge < -0.3 is 20.4 Å². The Bertz CT molecular complexity index is 1210. The lowest BCUT2D eigenvalue weighted by Crippen LogP contribution is -2.49. The first-order valence-corrected chi connectivity index (χ1v) is 12.9. The fourth-order valence-corrected chi connectivity index (χ4v) is 5.45. The maximum absolute atomic E-state index is 13.3. The minimum atomic E-state index is -0.781. The summed E-state index contributed by atoms with van der Waals surface area (Å²) in [5.74, 6) is -0.671. The number of fused-ring (bicyclic) bond motifs is 1. The van der Waals surface area contributed by atoms with Crippen LogP contribution in [0.5, 0.6) is 0 Å². The number of β-amino-alcohol motifs (C(OH)–C–C–N with tert-alkyl or cyclic N) is 1. The van der Waals surface area contributed by atoms with Gasteiger partial charge in [-0.15, -0.1) is 11.3 Å². The quantitative estimate of drug-likeness (QED) is 0.438. The van der Waals surface area contributed by atoms with E-state index in [1.807, 2.05) is 50.6 Å².